The second-order valence-corrected chi connectivity index (χ2v) is 5.38. The van der Waals surface area contributed by atoms with Gasteiger partial charge in [0.15, 0.2) is 0 Å². The van der Waals surface area contributed by atoms with Gasteiger partial charge in [0.25, 0.3) is 0 Å². The van der Waals surface area contributed by atoms with Crippen LogP contribution >= 0.6 is 0 Å². The van der Waals surface area contributed by atoms with Crippen LogP contribution in [0, 0.1) is 0 Å². The fraction of sp³-hybridized carbons (Fsp3) is 0. The molecule has 4 heteroatoms. The van der Waals surface area contributed by atoms with Crippen LogP contribution in [0.4, 0.5) is 0 Å². The standard InChI is InChI=1S/C19H14N2O2/c22-20-18-15-9-3-4-10-16(15)19(21-23)17(18)14-11-5-7-12-6-1-2-8-13(12)14/h1-11,20,22-23H/b21-19+. The van der Waals surface area contributed by atoms with Crippen LogP contribution in [0.5, 0.6) is 0 Å². The highest BCUT2D eigenvalue weighted by Gasteiger charge is 2.30. The van der Waals surface area contributed by atoms with E-state index in [1.54, 1.807) is 0 Å². The Kier molecular flexibility index (Phi) is 3.10. The maximum Gasteiger partial charge on any atom is 0.120 e. The third kappa shape index (κ3) is 1.93. The number of nitrogens with zero attached hydrogens (tertiary/aromatic N) is 1. The van der Waals surface area contributed by atoms with E-state index in [1.165, 1.54) is 0 Å². The van der Waals surface area contributed by atoms with E-state index in [0.717, 1.165) is 27.5 Å². The van der Waals surface area contributed by atoms with Crippen LogP contribution in [0.25, 0.3) is 22.0 Å². The van der Waals surface area contributed by atoms with Gasteiger partial charge in [-0.25, -0.2) is 0 Å². The number of oxime groups is 1. The third-order valence-electron chi connectivity index (χ3n) is 4.21. The van der Waals surface area contributed by atoms with Crippen LogP contribution in [0.2, 0.25) is 0 Å². The highest BCUT2D eigenvalue weighted by molar-refractivity contribution is 6.43. The Hall–Kier alpha value is -3.11. The van der Waals surface area contributed by atoms with Crippen molar-refractivity contribution in [1.82, 2.24) is 5.48 Å². The second-order valence-electron chi connectivity index (χ2n) is 5.38. The zero-order valence-electron chi connectivity index (χ0n) is 12.2. The summed E-state index contributed by atoms with van der Waals surface area (Å²) in [5.74, 6) is 0. The largest absolute Gasteiger partial charge is 0.410 e. The first-order valence-electron chi connectivity index (χ1n) is 7.30. The molecule has 112 valence electrons. The Balaban J connectivity index is 2.07. The Morgan fingerprint density at radius 2 is 1.39 bits per heavy atom. The molecule has 0 fully saturated rings. The van der Waals surface area contributed by atoms with E-state index in [4.69, 9.17) is 0 Å². The molecule has 0 aromatic heterocycles. The van der Waals surface area contributed by atoms with Gasteiger partial charge in [0, 0.05) is 16.7 Å². The van der Waals surface area contributed by atoms with Crippen molar-refractivity contribution in [1.29, 1.82) is 0 Å². The molecule has 3 aromatic rings. The summed E-state index contributed by atoms with van der Waals surface area (Å²) in [4.78, 5) is 0. The SMILES string of the molecule is O/N=C1/C(c2cccc3ccccc23)=C(NO)c2ccccc21. The lowest BCUT2D eigenvalue weighted by molar-refractivity contribution is 0.225. The smallest absolute Gasteiger partial charge is 0.120 e. The first-order chi connectivity index (χ1) is 11.3. The minimum Gasteiger partial charge on any atom is -0.410 e. The Morgan fingerprint density at radius 3 is 2.17 bits per heavy atom. The van der Waals surface area contributed by atoms with Crippen molar-refractivity contribution in [2.24, 2.45) is 5.16 Å². The molecule has 1 aliphatic carbocycles. The van der Waals surface area contributed by atoms with Crippen molar-refractivity contribution in [3.63, 3.8) is 0 Å². The molecule has 0 saturated carbocycles. The number of hydroxylamine groups is 1. The summed E-state index contributed by atoms with van der Waals surface area (Å²) >= 11 is 0. The summed E-state index contributed by atoms with van der Waals surface area (Å²) in [5.41, 5.74) is 6.48. The molecule has 0 radical (unpaired) electrons. The number of nitrogens with one attached hydrogen (secondary N) is 1. The monoisotopic (exact) mass is 302 g/mol. The van der Waals surface area contributed by atoms with Gasteiger partial charge in [-0.2, -0.15) is 0 Å². The molecule has 23 heavy (non-hydrogen) atoms. The number of hydrogen-bond acceptors (Lipinski definition) is 4. The molecule has 3 aromatic carbocycles. The first kappa shape index (κ1) is 13.5. The molecular formula is C19H14N2O2. The summed E-state index contributed by atoms with van der Waals surface area (Å²) in [6.07, 6.45) is 0. The number of fused-ring (bicyclic) bond motifs is 2. The number of hydrogen-bond donors (Lipinski definition) is 3. The van der Waals surface area contributed by atoms with Gasteiger partial charge in [0.1, 0.15) is 5.71 Å². The minimum absolute atomic E-state index is 0.452. The van der Waals surface area contributed by atoms with Gasteiger partial charge in [-0.05, 0) is 16.3 Å². The maximum absolute atomic E-state index is 9.69. The van der Waals surface area contributed by atoms with E-state index in [-0.39, 0.29) is 0 Å². The van der Waals surface area contributed by atoms with Gasteiger partial charge in [-0.1, -0.05) is 71.9 Å². The lowest BCUT2D eigenvalue weighted by Gasteiger charge is -2.10. The van der Waals surface area contributed by atoms with Crippen molar-refractivity contribution in [3.05, 3.63) is 83.4 Å². The molecule has 0 atom stereocenters. The summed E-state index contributed by atoms with van der Waals surface area (Å²) in [5, 5.41) is 24.9. The Labute approximate surface area is 133 Å². The molecule has 0 heterocycles. The van der Waals surface area contributed by atoms with Crippen molar-refractivity contribution in [2.45, 2.75) is 0 Å². The van der Waals surface area contributed by atoms with Crippen LogP contribution < -0.4 is 5.48 Å². The third-order valence-corrected chi connectivity index (χ3v) is 4.21. The van der Waals surface area contributed by atoms with Crippen LogP contribution in [-0.2, 0) is 0 Å². The molecule has 0 unspecified atom stereocenters. The molecule has 4 rings (SSSR count). The van der Waals surface area contributed by atoms with E-state index in [2.05, 4.69) is 10.6 Å². The van der Waals surface area contributed by atoms with E-state index < -0.39 is 0 Å². The van der Waals surface area contributed by atoms with Gasteiger partial charge in [0.05, 0.1) is 5.70 Å². The summed E-state index contributed by atoms with van der Waals surface area (Å²) in [6, 6.07) is 21.5. The summed E-state index contributed by atoms with van der Waals surface area (Å²) in [7, 11) is 0. The van der Waals surface area contributed by atoms with Gasteiger partial charge in [-0.3, -0.25) is 10.7 Å². The minimum atomic E-state index is 0.452. The number of allylic oxidation sites excluding steroid dienone is 1. The van der Waals surface area contributed by atoms with Crippen LogP contribution in [0.15, 0.2) is 71.9 Å². The lowest BCUT2D eigenvalue weighted by atomic mass is 9.95. The van der Waals surface area contributed by atoms with Crippen LogP contribution in [-0.4, -0.2) is 16.1 Å². The highest BCUT2D eigenvalue weighted by Crippen LogP contribution is 2.39. The molecule has 0 amide bonds. The lowest BCUT2D eigenvalue weighted by Crippen LogP contribution is -2.07. The van der Waals surface area contributed by atoms with Crippen LogP contribution in [0.1, 0.15) is 16.7 Å². The van der Waals surface area contributed by atoms with Crippen molar-refractivity contribution in [2.75, 3.05) is 0 Å². The first-order valence-corrected chi connectivity index (χ1v) is 7.30. The predicted octanol–water partition coefficient (Wildman–Crippen LogP) is 3.88. The van der Waals surface area contributed by atoms with Crippen molar-refractivity contribution in [3.8, 4) is 0 Å². The zero-order valence-corrected chi connectivity index (χ0v) is 12.2. The maximum atomic E-state index is 9.69. The van der Waals surface area contributed by atoms with Crippen LogP contribution in [0.3, 0.4) is 0 Å². The van der Waals surface area contributed by atoms with Gasteiger partial charge < -0.3 is 5.21 Å². The van der Waals surface area contributed by atoms with Gasteiger partial charge in [0.2, 0.25) is 0 Å². The predicted molar refractivity (Wildman–Crippen MR) is 90.4 cm³/mol. The van der Waals surface area contributed by atoms with E-state index in [0.29, 0.717) is 17.0 Å². The summed E-state index contributed by atoms with van der Waals surface area (Å²) in [6.45, 7) is 0. The summed E-state index contributed by atoms with van der Waals surface area (Å²) < 4.78 is 0. The second kappa shape index (κ2) is 5.26. The molecule has 0 saturated heterocycles. The number of benzene rings is 3. The molecule has 0 aliphatic heterocycles. The zero-order chi connectivity index (χ0) is 15.8. The average molecular weight is 302 g/mol. The van der Waals surface area contributed by atoms with Crippen molar-refractivity contribution < 1.29 is 10.4 Å². The number of rotatable bonds is 2. The van der Waals surface area contributed by atoms with Gasteiger partial charge in [-0.15, -0.1) is 0 Å². The normalized spacial score (nSPS) is 15.3. The highest BCUT2D eigenvalue weighted by atomic mass is 16.5. The molecule has 0 spiro atoms. The Bertz CT molecular complexity index is 969. The van der Waals surface area contributed by atoms with Gasteiger partial charge >= 0.3 is 0 Å². The quantitative estimate of drug-likeness (QED) is 0.497. The molecule has 4 nitrogen and oxygen atoms in total. The van der Waals surface area contributed by atoms with E-state index in [9.17, 15) is 10.4 Å². The Morgan fingerprint density at radius 1 is 0.739 bits per heavy atom. The average Bonchev–Trinajstić information content (AvgIpc) is 2.94. The topological polar surface area (TPSA) is 64.9 Å². The molecule has 0 bridgehead atoms. The van der Waals surface area contributed by atoms with E-state index >= 15 is 0 Å². The molecular weight excluding hydrogens is 288 g/mol. The molecule has 1 aliphatic rings. The van der Waals surface area contributed by atoms with Crippen molar-refractivity contribution >= 4 is 27.8 Å². The van der Waals surface area contributed by atoms with E-state index in [1.807, 2.05) is 66.7 Å². The fourth-order valence-corrected chi connectivity index (χ4v) is 3.22. The molecule has 3 N–H and O–H groups in total. The fourth-order valence-electron chi connectivity index (χ4n) is 3.22.